The Morgan fingerprint density at radius 2 is 2.00 bits per heavy atom. The van der Waals surface area contributed by atoms with Crippen molar-refractivity contribution < 1.29 is 9.53 Å². The number of ketones is 1. The van der Waals surface area contributed by atoms with Crippen LogP contribution in [0.4, 0.5) is 0 Å². The summed E-state index contributed by atoms with van der Waals surface area (Å²) in [4.78, 5) is 14.5. The summed E-state index contributed by atoms with van der Waals surface area (Å²) in [7, 11) is 0. The van der Waals surface area contributed by atoms with Crippen LogP contribution in [0.15, 0.2) is 18.2 Å². The Balaban J connectivity index is 1.90. The van der Waals surface area contributed by atoms with E-state index < -0.39 is 0 Å². The van der Waals surface area contributed by atoms with Crippen LogP contribution in [0.1, 0.15) is 27.9 Å². The Morgan fingerprint density at radius 1 is 1.28 bits per heavy atom. The summed E-state index contributed by atoms with van der Waals surface area (Å²) in [6, 6.07) is 6.03. The van der Waals surface area contributed by atoms with Gasteiger partial charge in [0.1, 0.15) is 0 Å². The van der Waals surface area contributed by atoms with Crippen molar-refractivity contribution in [3.05, 3.63) is 34.9 Å². The maximum absolute atomic E-state index is 12.2. The molecule has 18 heavy (non-hydrogen) atoms. The van der Waals surface area contributed by atoms with Gasteiger partial charge in [-0.3, -0.25) is 9.69 Å². The number of rotatable bonds is 4. The number of aryl methyl sites for hydroxylation is 2. The predicted molar refractivity (Wildman–Crippen MR) is 72.1 cm³/mol. The molecule has 0 spiro atoms. The second-order valence-corrected chi connectivity index (χ2v) is 4.95. The molecule has 0 atom stereocenters. The molecule has 1 aromatic rings. The van der Waals surface area contributed by atoms with Gasteiger partial charge in [-0.05, 0) is 19.4 Å². The third-order valence-corrected chi connectivity index (χ3v) is 3.44. The fraction of sp³-hybridized carbons (Fsp3) is 0.533. The van der Waals surface area contributed by atoms with Gasteiger partial charge >= 0.3 is 0 Å². The molecule has 1 aliphatic heterocycles. The lowest BCUT2D eigenvalue weighted by Gasteiger charge is -2.26. The number of Topliss-reactive ketones (excluding diaryl/α,β-unsaturated/α-hetero) is 1. The van der Waals surface area contributed by atoms with Crippen molar-refractivity contribution in [3.63, 3.8) is 0 Å². The zero-order chi connectivity index (χ0) is 13.0. The molecule has 1 aromatic carbocycles. The normalized spacial score (nSPS) is 16.8. The molecule has 0 radical (unpaired) electrons. The van der Waals surface area contributed by atoms with Gasteiger partial charge < -0.3 is 4.74 Å². The molecule has 0 aromatic heterocycles. The van der Waals surface area contributed by atoms with Gasteiger partial charge in [0.15, 0.2) is 5.78 Å². The first-order valence-electron chi connectivity index (χ1n) is 6.57. The largest absolute Gasteiger partial charge is 0.379 e. The lowest BCUT2D eigenvalue weighted by molar-refractivity contribution is 0.0370. The Morgan fingerprint density at radius 3 is 2.67 bits per heavy atom. The maximum atomic E-state index is 12.2. The number of carbonyl (C=O) groups excluding carboxylic acids is 1. The Hall–Kier alpha value is -1.19. The van der Waals surface area contributed by atoms with Crippen LogP contribution in [-0.2, 0) is 4.74 Å². The van der Waals surface area contributed by atoms with E-state index in [1.165, 1.54) is 5.56 Å². The minimum Gasteiger partial charge on any atom is -0.379 e. The van der Waals surface area contributed by atoms with Crippen molar-refractivity contribution in [1.29, 1.82) is 0 Å². The van der Waals surface area contributed by atoms with Crippen molar-refractivity contribution in [2.45, 2.75) is 20.3 Å². The lowest BCUT2D eigenvalue weighted by atomic mass is 10.0. The molecule has 1 aliphatic rings. The highest BCUT2D eigenvalue weighted by molar-refractivity contribution is 5.97. The third-order valence-electron chi connectivity index (χ3n) is 3.44. The van der Waals surface area contributed by atoms with E-state index in [9.17, 15) is 4.79 Å². The van der Waals surface area contributed by atoms with Crippen LogP contribution in [0, 0.1) is 13.8 Å². The first kappa shape index (κ1) is 13.2. The van der Waals surface area contributed by atoms with Crippen LogP contribution in [0.5, 0.6) is 0 Å². The van der Waals surface area contributed by atoms with Crippen LogP contribution in [-0.4, -0.2) is 43.5 Å². The monoisotopic (exact) mass is 247 g/mol. The van der Waals surface area contributed by atoms with Crippen LogP contribution in [0.3, 0.4) is 0 Å². The molecule has 0 aliphatic carbocycles. The molecule has 3 nitrogen and oxygen atoms in total. The molecule has 98 valence electrons. The fourth-order valence-electron chi connectivity index (χ4n) is 2.35. The molecular weight excluding hydrogens is 226 g/mol. The Kier molecular flexibility index (Phi) is 4.50. The van der Waals surface area contributed by atoms with Crippen molar-refractivity contribution in [2.24, 2.45) is 0 Å². The van der Waals surface area contributed by atoms with Crippen LogP contribution in [0.2, 0.25) is 0 Å². The highest BCUT2D eigenvalue weighted by Gasteiger charge is 2.14. The van der Waals surface area contributed by atoms with Crippen molar-refractivity contribution >= 4 is 5.78 Å². The van der Waals surface area contributed by atoms with Gasteiger partial charge in [0.25, 0.3) is 0 Å². The predicted octanol–water partition coefficient (Wildman–Crippen LogP) is 2.21. The molecular formula is C15H21NO2. The fourth-order valence-corrected chi connectivity index (χ4v) is 2.35. The molecule has 0 saturated carbocycles. The van der Waals surface area contributed by atoms with E-state index in [0.717, 1.165) is 44.0 Å². The topological polar surface area (TPSA) is 29.5 Å². The molecule has 0 unspecified atom stereocenters. The molecule has 0 N–H and O–H groups in total. The number of nitrogens with zero attached hydrogens (tertiary/aromatic N) is 1. The molecule has 1 saturated heterocycles. The number of hydrogen-bond acceptors (Lipinski definition) is 3. The molecule has 0 bridgehead atoms. The highest BCUT2D eigenvalue weighted by atomic mass is 16.5. The van der Waals surface area contributed by atoms with Crippen molar-refractivity contribution in [2.75, 3.05) is 32.8 Å². The standard InChI is InChI=1S/C15H21NO2/c1-12-3-4-14(13(2)11-12)15(17)5-6-16-7-9-18-10-8-16/h3-4,11H,5-10H2,1-2H3. The van der Waals surface area contributed by atoms with E-state index in [-0.39, 0.29) is 5.78 Å². The molecule has 1 fully saturated rings. The smallest absolute Gasteiger partial charge is 0.164 e. The van der Waals surface area contributed by atoms with E-state index in [0.29, 0.717) is 6.42 Å². The third kappa shape index (κ3) is 3.40. The summed E-state index contributed by atoms with van der Waals surface area (Å²) in [5.41, 5.74) is 3.16. The quantitative estimate of drug-likeness (QED) is 0.764. The second kappa shape index (κ2) is 6.12. The second-order valence-electron chi connectivity index (χ2n) is 4.95. The van der Waals surface area contributed by atoms with Gasteiger partial charge in [-0.25, -0.2) is 0 Å². The minimum absolute atomic E-state index is 0.249. The van der Waals surface area contributed by atoms with Crippen LogP contribution in [0.25, 0.3) is 0 Å². The van der Waals surface area contributed by atoms with Gasteiger partial charge in [0.05, 0.1) is 13.2 Å². The Labute approximate surface area is 109 Å². The van der Waals surface area contributed by atoms with E-state index in [4.69, 9.17) is 4.74 Å². The molecule has 1 heterocycles. The van der Waals surface area contributed by atoms with E-state index in [2.05, 4.69) is 17.9 Å². The Bertz CT molecular complexity index is 423. The lowest BCUT2D eigenvalue weighted by Crippen LogP contribution is -2.37. The molecule has 3 heteroatoms. The van der Waals surface area contributed by atoms with E-state index in [1.807, 2.05) is 19.1 Å². The number of morpholine rings is 1. The zero-order valence-corrected chi connectivity index (χ0v) is 11.2. The zero-order valence-electron chi connectivity index (χ0n) is 11.2. The summed E-state index contributed by atoms with van der Waals surface area (Å²) in [5.74, 6) is 0.249. The maximum Gasteiger partial charge on any atom is 0.164 e. The summed E-state index contributed by atoms with van der Waals surface area (Å²) in [5, 5.41) is 0. The van der Waals surface area contributed by atoms with Crippen molar-refractivity contribution in [3.8, 4) is 0 Å². The van der Waals surface area contributed by atoms with E-state index >= 15 is 0 Å². The average molecular weight is 247 g/mol. The summed E-state index contributed by atoms with van der Waals surface area (Å²) >= 11 is 0. The van der Waals surface area contributed by atoms with E-state index in [1.54, 1.807) is 0 Å². The summed E-state index contributed by atoms with van der Waals surface area (Å²) < 4.78 is 5.30. The van der Waals surface area contributed by atoms with Crippen LogP contribution < -0.4 is 0 Å². The van der Waals surface area contributed by atoms with Gasteiger partial charge in [-0.2, -0.15) is 0 Å². The molecule has 0 amide bonds. The van der Waals surface area contributed by atoms with Gasteiger partial charge in [-0.15, -0.1) is 0 Å². The van der Waals surface area contributed by atoms with Gasteiger partial charge in [-0.1, -0.05) is 23.8 Å². The minimum atomic E-state index is 0.249. The average Bonchev–Trinajstić information content (AvgIpc) is 2.37. The summed E-state index contributed by atoms with van der Waals surface area (Å²) in [6.07, 6.45) is 0.601. The number of ether oxygens (including phenoxy) is 1. The molecule has 2 rings (SSSR count). The van der Waals surface area contributed by atoms with Gasteiger partial charge in [0.2, 0.25) is 0 Å². The van der Waals surface area contributed by atoms with Crippen LogP contribution >= 0.6 is 0 Å². The van der Waals surface area contributed by atoms with Crippen molar-refractivity contribution in [1.82, 2.24) is 4.90 Å². The van der Waals surface area contributed by atoms with Gasteiger partial charge in [0, 0.05) is 31.6 Å². The number of benzene rings is 1. The summed E-state index contributed by atoms with van der Waals surface area (Å²) in [6.45, 7) is 8.37. The number of carbonyl (C=O) groups is 1. The SMILES string of the molecule is Cc1ccc(C(=O)CCN2CCOCC2)c(C)c1. The first-order valence-corrected chi connectivity index (χ1v) is 6.57. The first-order chi connectivity index (χ1) is 8.66. The highest BCUT2D eigenvalue weighted by Crippen LogP contribution is 2.13. The number of hydrogen-bond donors (Lipinski definition) is 0.